The van der Waals surface area contributed by atoms with E-state index in [1.165, 1.54) is 6.07 Å². The molecule has 2 aromatic rings. The first-order valence-electron chi connectivity index (χ1n) is 5.99. The van der Waals surface area contributed by atoms with Gasteiger partial charge in [0.1, 0.15) is 5.75 Å². The first-order chi connectivity index (χ1) is 8.75. The van der Waals surface area contributed by atoms with E-state index in [1.807, 2.05) is 11.0 Å². The SMILES string of the molecule is Oc1ccc2c(F)c(N3CCOCC3)ccc2c1. The van der Waals surface area contributed by atoms with E-state index in [-0.39, 0.29) is 11.6 Å². The fraction of sp³-hybridized carbons (Fsp3) is 0.286. The second-order valence-electron chi connectivity index (χ2n) is 4.40. The van der Waals surface area contributed by atoms with Crippen molar-refractivity contribution in [3.05, 3.63) is 36.1 Å². The van der Waals surface area contributed by atoms with Gasteiger partial charge in [-0.3, -0.25) is 0 Å². The standard InChI is InChI=1S/C14H14FNO2/c15-14-12-3-2-11(17)9-10(12)1-4-13(14)16-5-7-18-8-6-16/h1-4,9,17H,5-8H2. The van der Waals surface area contributed by atoms with Crippen LogP contribution >= 0.6 is 0 Å². The summed E-state index contributed by atoms with van der Waals surface area (Å²) in [5, 5.41) is 10.6. The summed E-state index contributed by atoms with van der Waals surface area (Å²) in [4.78, 5) is 1.99. The molecule has 1 fully saturated rings. The van der Waals surface area contributed by atoms with Crippen LogP contribution in [-0.4, -0.2) is 31.4 Å². The minimum Gasteiger partial charge on any atom is -0.508 e. The van der Waals surface area contributed by atoms with Crippen LogP contribution in [-0.2, 0) is 4.74 Å². The van der Waals surface area contributed by atoms with E-state index in [0.717, 1.165) is 0 Å². The number of ether oxygens (including phenoxy) is 1. The molecule has 3 nitrogen and oxygen atoms in total. The van der Waals surface area contributed by atoms with Gasteiger partial charge in [0.15, 0.2) is 5.82 Å². The quantitative estimate of drug-likeness (QED) is 0.840. The van der Waals surface area contributed by atoms with Crippen LogP contribution in [0.1, 0.15) is 0 Å². The number of nitrogens with zero attached hydrogens (tertiary/aromatic N) is 1. The second-order valence-corrected chi connectivity index (χ2v) is 4.40. The lowest BCUT2D eigenvalue weighted by Crippen LogP contribution is -2.36. The molecule has 1 N–H and O–H groups in total. The Kier molecular flexibility index (Phi) is 2.80. The van der Waals surface area contributed by atoms with Crippen molar-refractivity contribution in [3.8, 4) is 5.75 Å². The maximum atomic E-state index is 14.4. The maximum absolute atomic E-state index is 14.4. The summed E-state index contributed by atoms with van der Waals surface area (Å²) in [7, 11) is 0. The molecule has 4 heteroatoms. The van der Waals surface area contributed by atoms with E-state index in [1.54, 1.807) is 18.2 Å². The lowest BCUT2D eigenvalue weighted by atomic mass is 10.1. The summed E-state index contributed by atoms with van der Waals surface area (Å²) >= 11 is 0. The van der Waals surface area contributed by atoms with Crippen molar-refractivity contribution in [2.75, 3.05) is 31.2 Å². The fourth-order valence-electron chi connectivity index (χ4n) is 2.32. The number of rotatable bonds is 1. The van der Waals surface area contributed by atoms with Gasteiger partial charge in [-0.1, -0.05) is 6.07 Å². The van der Waals surface area contributed by atoms with Gasteiger partial charge in [-0.15, -0.1) is 0 Å². The number of hydrogen-bond donors (Lipinski definition) is 1. The molecule has 0 aromatic heterocycles. The highest BCUT2D eigenvalue weighted by atomic mass is 19.1. The van der Waals surface area contributed by atoms with Gasteiger partial charge < -0.3 is 14.7 Å². The van der Waals surface area contributed by atoms with Crippen LogP contribution < -0.4 is 4.90 Å². The van der Waals surface area contributed by atoms with Crippen LogP contribution in [0.3, 0.4) is 0 Å². The average Bonchev–Trinajstić information content (AvgIpc) is 2.40. The minimum atomic E-state index is -0.227. The molecule has 0 spiro atoms. The Morgan fingerprint density at radius 1 is 1.11 bits per heavy atom. The highest BCUT2D eigenvalue weighted by Gasteiger charge is 2.16. The normalized spacial score (nSPS) is 16.2. The number of phenolic OH excluding ortho intramolecular Hbond substituents is 1. The van der Waals surface area contributed by atoms with Gasteiger partial charge in [0.2, 0.25) is 0 Å². The van der Waals surface area contributed by atoms with Crippen molar-refractivity contribution in [1.82, 2.24) is 0 Å². The van der Waals surface area contributed by atoms with E-state index in [0.29, 0.717) is 42.8 Å². The van der Waals surface area contributed by atoms with Crippen molar-refractivity contribution in [2.24, 2.45) is 0 Å². The van der Waals surface area contributed by atoms with Gasteiger partial charge in [0.25, 0.3) is 0 Å². The first kappa shape index (κ1) is 11.3. The fourth-order valence-corrected chi connectivity index (χ4v) is 2.32. The summed E-state index contributed by atoms with van der Waals surface area (Å²) in [6.45, 7) is 2.68. The van der Waals surface area contributed by atoms with Crippen LogP contribution in [0.15, 0.2) is 30.3 Å². The van der Waals surface area contributed by atoms with Crippen molar-refractivity contribution in [1.29, 1.82) is 0 Å². The van der Waals surface area contributed by atoms with Gasteiger partial charge >= 0.3 is 0 Å². The largest absolute Gasteiger partial charge is 0.508 e. The van der Waals surface area contributed by atoms with Crippen molar-refractivity contribution in [2.45, 2.75) is 0 Å². The van der Waals surface area contributed by atoms with Crippen LogP contribution in [0.4, 0.5) is 10.1 Å². The lowest BCUT2D eigenvalue weighted by Gasteiger charge is -2.29. The molecule has 3 rings (SSSR count). The first-order valence-corrected chi connectivity index (χ1v) is 5.99. The molecule has 0 bridgehead atoms. The van der Waals surface area contributed by atoms with Gasteiger partial charge in [-0.2, -0.15) is 0 Å². The van der Waals surface area contributed by atoms with Crippen molar-refractivity contribution < 1.29 is 14.2 Å². The number of aromatic hydroxyl groups is 1. The molecular weight excluding hydrogens is 233 g/mol. The highest BCUT2D eigenvalue weighted by Crippen LogP contribution is 2.29. The van der Waals surface area contributed by atoms with Gasteiger partial charge in [0, 0.05) is 18.5 Å². The molecule has 94 valence electrons. The number of halogens is 1. The molecule has 0 saturated carbocycles. The van der Waals surface area contributed by atoms with Crippen LogP contribution in [0.2, 0.25) is 0 Å². The summed E-state index contributed by atoms with van der Waals surface area (Å²) in [6, 6.07) is 8.30. The maximum Gasteiger partial charge on any atom is 0.154 e. The third-order valence-electron chi connectivity index (χ3n) is 3.27. The number of fused-ring (bicyclic) bond motifs is 1. The molecule has 1 saturated heterocycles. The Morgan fingerprint density at radius 3 is 2.67 bits per heavy atom. The van der Waals surface area contributed by atoms with E-state index in [2.05, 4.69) is 0 Å². The number of anilines is 1. The summed E-state index contributed by atoms with van der Waals surface area (Å²) < 4.78 is 19.7. The zero-order valence-corrected chi connectivity index (χ0v) is 9.90. The van der Waals surface area contributed by atoms with Crippen LogP contribution in [0.25, 0.3) is 10.8 Å². The second kappa shape index (κ2) is 4.46. The van der Waals surface area contributed by atoms with Gasteiger partial charge in [0.05, 0.1) is 18.9 Å². The molecule has 2 aromatic carbocycles. The summed E-state index contributed by atoms with van der Waals surface area (Å²) in [5.74, 6) is -0.0737. The lowest BCUT2D eigenvalue weighted by molar-refractivity contribution is 0.122. The molecule has 0 radical (unpaired) electrons. The summed E-state index contributed by atoms with van der Waals surface area (Å²) in [6.07, 6.45) is 0. The monoisotopic (exact) mass is 247 g/mol. The molecule has 1 heterocycles. The Bertz CT molecular complexity index is 579. The highest BCUT2D eigenvalue weighted by molar-refractivity contribution is 5.88. The number of phenols is 1. The van der Waals surface area contributed by atoms with Crippen LogP contribution in [0.5, 0.6) is 5.75 Å². The van der Waals surface area contributed by atoms with Crippen molar-refractivity contribution >= 4 is 16.5 Å². The predicted octanol–water partition coefficient (Wildman–Crippen LogP) is 2.52. The van der Waals surface area contributed by atoms with E-state index >= 15 is 0 Å². The zero-order chi connectivity index (χ0) is 12.5. The molecule has 0 atom stereocenters. The minimum absolute atomic E-state index is 0.154. The van der Waals surface area contributed by atoms with Gasteiger partial charge in [-0.05, 0) is 29.7 Å². The molecule has 18 heavy (non-hydrogen) atoms. The topological polar surface area (TPSA) is 32.7 Å². The van der Waals surface area contributed by atoms with E-state index in [9.17, 15) is 9.50 Å². The number of morpholine rings is 1. The number of hydrogen-bond acceptors (Lipinski definition) is 3. The van der Waals surface area contributed by atoms with Crippen molar-refractivity contribution in [3.63, 3.8) is 0 Å². The third-order valence-corrected chi connectivity index (χ3v) is 3.27. The Hall–Kier alpha value is -1.81. The summed E-state index contributed by atoms with van der Waals surface area (Å²) in [5.41, 5.74) is 0.608. The Labute approximate surface area is 104 Å². The molecule has 0 unspecified atom stereocenters. The van der Waals surface area contributed by atoms with E-state index in [4.69, 9.17) is 4.74 Å². The Morgan fingerprint density at radius 2 is 1.89 bits per heavy atom. The molecule has 0 aliphatic carbocycles. The zero-order valence-electron chi connectivity index (χ0n) is 9.90. The smallest absolute Gasteiger partial charge is 0.154 e. The average molecular weight is 247 g/mol. The molecule has 1 aliphatic heterocycles. The third kappa shape index (κ3) is 1.88. The molecule has 1 aliphatic rings. The van der Waals surface area contributed by atoms with Gasteiger partial charge in [-0.25, -0.2) is 4.39 Å². The van der Waals surface area contributed by atoms with Crippen LogP contribution in [0, 0.1) is 5.82 Å². The molecular formula is C14H14FNO2. The number of benzene rings is 2. The van der Waals surface area contributed by atoms with E-state index < -0.39 is 0 Å². The Balaban J connectivity index is 2.08. The predicted molar refractivity (Wildman–Crippen MR) is 68.6 cm³/mol. The molecule has 0 amide bonds.